The molecule has 184 valence electrons. The quantitative estimate of drug-likeness (QED) is 0.441. The van der Waals surface area contributed by atoms with Gasteiger partial charge in [0.2, 0.25) is 5.88 Å². The average Bonchev–Trinajstić information content (AvgIpc) is 3.54. The number of aromatic nitrogens is 3. The zero-order valence-electron chi connectivity index (χ0n) is 21.0. The van der Waals surface area contributed by atoms with Gasteiger partial charge in [0.25, 0.3) is 0 Å². The van der Waals surface area contributed by atoms with Crippen LogP contribution in [0.25, 0.3) is 10.8 Å². The van der Waals surface area contributed by atoms with Gasteiger partial charge in [-0.15, -0.1) is 0 Å². The summed E-state index contributed by atoms with van der Waals surface area (Å²) < 4.78 is 11.6. The molecule has 1 aliphatic carbocycles. The second-order valence-electron chi connectivity index (χ2n) is 10.5. The molecule has 3 aromatic rings. The number of esters is 1. The highest BCUT2D eigenvalue weighted by Gasteiger charge is 2.41. The van der Waals surface area contributed by atoms with Gasteiger partial charge >= 0.3 is 5.97 Å². The Morgan fingerprint density at radius 3 is 2.69 bits per heavy atom. The molecule has 3 N–H and O–H groups in total. The van der Waals surface area contributed by atoms with Gasteiger partial charge in [0.05, 0.1) is 16.6 Å². The summed E-state index contributed by atoms with van der Waals surface area (Å²) in [6, 6.07) is 5.51. The monoisotopic (exact) mass is 475 g/mol. The minimum Gasteiger partial charge on any atom is -0.471 e. The highest BCUT2D eigenvalue weighted by molar-refractivity contribution is 5.93. The molecule has 0 bridgehead atoms. The Morgan fingerprint density at radius 1 is 1.20 bits per heavy atom. The lowest BCUT2D eigenvalue weighted by Gasteiger charge is -2.27. The molecule has 8 heteroatoms. The van der Waals surface area contributed by atoms with Gasteiger partial charge < -0.3 is 20.5 Å². The molecule has 1 saturated carbocycles. The summed E-state index contributed by atoms with van der Waals surface area (Å²) in [5.41, 5.74) is 8.24. The third kappa shape index (κ3) is 4.43. The molecule has 2 aliphatic rings. The fourth-order valence-corrected chi connectivity index (χ4v) is 4.63. The SMILES string of the molecule is CCC[C@@](C)(N)c1cnc(OC2(C)CC2)c2cnc(Nc3ccc4c(n3)[C@@H](C)[C@H](C)OC4=O)cc12. The van der Waals surface area contributed by atoms with Crippen molar-refractivity contribution in [3.8, 4) is 5.88 Å². The normalized spacial score (nSPS) is 22.2. The molecule has 5 rings (SSSR count). The van der Waals surface area contributed by atoms with E-state index in [1.807, 2.05) is 33.0 Å². The second-order valence-corrected chi connectivity index (χ2v) is 10.5. The molecule has 3 atom stereocenters. The van der Waals surface area contributed by atoms with Crippen LogP contribution >= 0.6 is 0 Å². The van der Waals surface area contributed by atoms with Crippen molar-refractivity contribution in [1.29, 1.82) is 0 Å². The molecule has 0 radical (unpaired) electrons. The second kappa shape index (κ2) is 8.45. The number of cyclic esters (lactones) is 1. The fraction of sp³-hybridized carbons (Fsp3) is 0.481. The zero-order chi connectivity index (χ0) is 25.0. The van der Waals surface area contributed by atoms with E-state index in [0.717, 1.165) is 47.7 Å². The Kier molecular flexibility index (Phi) is 5.67. The number of nitrogens with one attached hydrogen (secondary N) is 1. The molecule has 8 nitrogen and oxygen atoms in total. The predicted octanol–water partition coefficient (Wildman–Crippen LogP) is 5.34. The summed E-state index contributed by atoms with van der Waals surface area (Å²) in [5, 5.41) is 5.11. The van der Waals surface area contributed by atoms with Gasteiger partial charge in [-0.05, 0) is 69.2 Å². The van der Waals surface area contributed by atoms with E-state index < -0.39 is 5.54 Å². The lowest BCUT2D eigenvalue weighted by atomic mass is 9.87. The standard InChI is InChI=1S/C27H33N5O3/c1-6-9-27(5,28)20-14-30-24(35-26(4)10-11-26)19-13-29-22(12-18(19)20)31-21-8-7-17-23(32-21)15(2)16(3)34-25(17)33/h7-8,12-16H,6,9-11,28H2,1-5H3,(H,29,31,32)/t15-,16-,27+/m0/s1. The van der Waals surface area contributed by atoms with E-state index in [4.69, 9.17) is 20.2 Å². The lowest BCUT2D eigenvalue weighted by Crippen LogP contribution is -2.33. The van der Waals surface area contributed by atoms with Crippen LogP contribution < -0.4 is 15.8 Å². The molecule has 0 spiro atoms. The number of carbonyl (C=O) groups is 1. The molecule has 1 aliphatic heterocycles. The largest absolute Gasteiger partial charge is 0.471 e. The summed E-state index contributed by atoms with van der Waals surface area (Å²) in [4.78, 5) is 26.3. The summed E-state index contributed by atoms with van der Waals surface area (Å²) in [6.07, 6.45) is 7.23. The van der Waals surface area contributed by atoms with Crippen molar-refractivity contribution in [2.75, 3.05) is 5.32 Å². The fourth-order valence-electron chi connectivity index (χ4n) is 4.63. The van der Waals surface area contributed by atoms with Gasteiger partial charge in [0.15, 0.2) is 0 Å². The van der Waals surface area contributed by atoms with E-state index in [0.29, 0.717) is 23.1 Å². The molecule has 4 heterocycles. The van der Waals surface area contributed by atoms with Gasteiger partial charge in [-0.3, -0.25) is 0 Å². The number of nitrogens with two attached hydrogens (primary N) is 1. The van der Waals surface area contributed by atoms with E-state index in [1.54, 1.807) is 18.3 Å². The predicted molar refractivity (Wildman–Crippen MR) is 135 cm³/mol. The van der Waals surface area contributed by atoms with Crippen molar-refractivity contribution in [3.63, 3.8) is 0 Å². The molecular weight excluding hydrogens is 442 g/mol. The van der Waals surface area contributed by atoms with Crippen LogP contribution in [0, 0.1) is 0 Å². The average molecular weight is 476 g/mol. The highest BCUT2D eigenvalue weighted by Crippen LogP contribution is 2.42. The van der Waals surface area contributed by atoms with Gasteiger partial charge in [-0.2, -0.15) is 0 Å². The number of fused-ring (bicyclic) bond motifs is 2. The number of nitrogens with zero attached hydrogens (tertiary/aromatic N) is 3. The lowest BCUT2D eigenvalue weighted by molar-refractivity contribution is 0.0235. The number of hydrogen-bond acceptors (Lipinski definition) is 8. The number of carbonyl (C=O) groups excluding carboxylic acids is 1. The zero-order valence-corrected chi connectivity index (χ0v) is 21.0. The van der Waals surface area contributed by atoms with Crippen molar-refractivity contribution < 1.29 is 14.3 Å². The molecule has 0 amide bonds. The third-order valence-electron chi connectivity index (χ3n) is 7.25. The summed E-state index contributed by atoms with van der Waals surface area (Å²) in [7, 11) is 0. The number of anilines is 2. The first-order valence-corrected chi connectivity index (χ1v) is 12.4. The Morgan fingerprint density at radius 2 is 1.97 bits per heavy atom. The number of ether oxygens (including phenoxy) is 2. The van der Waals surface area contributed by atoms with Crippen LogP contribution in [0.3, 0.4) is 0 Å². The third-order valence-corrected chi connectivity index (χ3v) is 7.25. The summed E-state index contributed by atoms with van der Waals surface area (Å²) in [5.74, 6) is 1.50. The van der Waals surface area contributed by atoms with Crippen molar-refractivity contribution in [3.05, 3.63) is 47.4 Å². The van der Waals surface area contributed by atoms with Crippen LogP contribution in [0.5, 0.6) is 5.88 Å². The van der Waals surface area contributed by atoms with Crippen LogP contribution in [0.15, 0.2) is 30.6 Å². The van der Waals surface area contributed by atoms with Crippen LogP contribution in [-0.2, 0) is 10.3 Å². The van der Waals surface area contributed by atoms with Crippen molar-refractivity contribution in [2.24, 2.45) is 5.73 Å². The smallest absolute Gasteiger partial charge is 0.340 e. The van der Waals surface area contributed by atoms with Crippen LogP contribution in [0.2, 0.25) is 0 Å². The molecule has 3 aromatic heterocycles. The maximum atomic E-state index is 12.3. The molecule has 35 heavy (non-hydrogen) atoms. The first-order chi connectivity index (χ1) is 16.6. The molecule has 0 aromatic carbocycles. The van der Waals surface area contributed by atoms with Gasteiger partial charge in [-0.1, -0.05) is 20.3 Å². The van der Waals surface area contributed by atoms with Gasteiger partial charge in [-0.25, -0.2) is 19.7 Å². The van der Waals surface area contributed by atoms with Crippen LogP contribution in [0.1, 0.15) is 87.8 Å². The first kappa shape index (κ1) is 23.5. The van der Waals surface area contributed by atoms with Crippen molar-refractivity contribution in [2.45, 2.75) is 83.5 Å². The maximum absolute atomic E-state index is 12.3. The van der Waals surface area contributed by atoms with E-state index in [9.17, 15) is 4.79 Å². The number of hydrogen-bond donors (Lipinski definition) is 2. The van der Waals surface area contributed by atoms with Crippen LogP contribution in [0.4, 0.5) is 11.6 Å². The van der Waals surface area contributed by atoms with Gasteiger partial charge in [0.1, 0.15) is 23.3 Å². The first-order valence-electron chi connectivity index (χ1n) is 12.4. The maximum Gasteiger partial charge on any atom is 0.340 e. The topological polar surface area (TPSA) is 112 Å². The van der Waals surface area contributed by atoms with E-state index >= 15 is 0 Å². The minimum atomic E-state index is -0.545. The molecule has 0 saturated heterocycles. The van der Waals surface area contributed by atoms with Crippen molar-refractivity contribution in [1.82, 2.24) is 15.0 Å². The van der Waals surface area contributed by atoms with E-state index in [2.05, 4.69) is 29.1 Å². The number of rotatable bonds is 7. The minimum absolute atomic E-state index is 0.00202. The molecule has 1 fully saturated rings. The van der Waals surface area contributed by atoms with Crippen LogP contribution in [-0.4, -0.2) is 32.6 Å². The van der Waals surface area contributed by atoms with Crippen molar-refractivity contribution >= 4 is 28.4 Å². The van der Waals surface area contributed by atoms with E-state index in [-0.39, 0.29) is 23.6 Å². The Bertz CT molecular complexity index is 1300. The summed E-state index contributed by atoms with van der Waals surface area (Å²) >= 11 is 0. The van der Waals surface area contributed by atoms with E-state index in [1.165, 1.54) is 0 Å². The van der Waals surface area contributed by atoms with Gasteiger partial charge in [0, 0.05) is 23.9 Å². The summed E-state index contributed by atoms with van der Waals surface area (Å²) in [6.45, 7) is 10.2. The Balaban J connectivity index is 1.55. The molecule has 0 unspecified atom stereocenters. The molecular formula is C27H33N5O3. The Labute approximate surface area is 205 Å². The Hall–Kier alpha value is -3.26. The highest BCUT2D eigenvalue weighted by atomic mass is 16.5. The number of pyridine rings is 3.